The molecule has 1 aromatic rings. The highest BCUT2D eigenvalue weighted by Crippen LogP contribution is 2.33. The minimum atomic E-state index is 0.539. The molecule has 0 aliphatic carbocycles. The molecule has 86 valence electrons. The molecule has 0 radical (unpaired) electrons. The Morgan fingerprint density at radius 1 is 1.27 bits per heavy atom. The number of thiophene rings is 1. The molecular formula is C13H23NS. The number of aryl methyl sites for hydroxylation is 2. The summed E-state index contributed by atoms with van der Waals surface area (Å²) >= 11 is 1.94. The molecule has 0 aliphatic rings. The van der Waals surface area contributed by atoms with Crippen LogP contribution in [-0.2, 0) is 0 Å². The Balaban J connectivity index is 2.91. The molecule has 0 spiro atoms. The second-order valence-electron chi connectivity index (χ2n) is 4.23. The molecular weight excluding hydrogens is 202 g/mol. The van der Waals surface area contributed by atoms with Crippen molar-refractivity contribution in [3.05, 3.63) is 21.4 Å². The summed E-state index contributed by atoms with van der Waals surface area (Å²) in [6, 6.07) is 2.89. The Kier molecular flexibility index (Phi) is 4.81. The summed E-state index contributed by atoms with van der Waals surface area (Å²) in [5.74, 6) is 0.757. The molecule has 0 aliphatic heterocycles. The second-order valence-corrected chi connectivity index (χ2v) is 5.52. The van der Waals surface area contributed by atoms with Gasteiger partial charge in [-0.2, -0.15) is 0 Å². The lowest BCUT2D eigenvalue weighted by molar-refractivity contribution is 0.364. The molecule has 1 nitrogen and oxygen atoms in total. The molecule has 1 atom stereocenters. The largest absolute Gasteiger partial charge is 0.312 e. The highest BCUT2D eigenvalue weighted by Gasteiger charge is 2.20. The monoisotopic (exact) mass is 225 g/mol. The third-order valence-corrected chi connectivity index (χ3v) is 4.56. The minimum Gasteiger partial charge on any atom is -0.312 e. The van der Waals surface area contributed by atoms with Crippen LogP contribution in [0.5, 0.6) is 0 Å². The normalized spacial score (nSPS) is 13.5. The van der Waals surface area contributed by atoms with E-state index in [1.54, 1.807) is 0 Å². The van der Waals surface area contributed by atoms with Crippen LogP contribution in [-0.4, -0.2) is 7.05 Å². The summed E-state index contributed by atoms with van der Waals surface area (Å²) in [5, 5.41) is 3.47. The second kappa shape index (κ2) is 5.66. The fraction of sp³-hybridized carbons (Fsp3) is 0.692. The fourth-order valence-corrected chi connectivity index (χ4v) is 3.37. The molecule has 0 aromatic carbocycles. The maximum atomic E-state index is 3.47. The Labute approximate surface area is 97.9 Å². The van der Waals surface area contributed by atoms with Gasteiger partial charge in [-0.3, -0.25) is 0 Å². The van der Waals surface area contributed by atoms with Gasteiger partial charge in [0.25, 0.3) is 0 Å². The zero-order valence-corrected chi connectivity index (χ0v) is 11.4. The maximum absolute atomic E-state index is 3.47. The van der Waals surface area contributed by atoms with Crippen molar-refractivity contribution in [3.63, 3.8) is 0 Å². The summed E-state index contributed by atoms with van der Waals surface area (Å²) < 4.78 is 0. The van der Waals surface area contributed by atoms with Crippen LogP contribution in [0.1, 0.15) is 48.0 Å². The van der Waals surface area contributed by atoms with Crippen LogP contribution < -0.4 is 5.32 Å². The quantitative estimate of drug-likeness (QED) is 0.797. The number of hydrogen-bond acceptors (Lipinski definition) is 2. The minimum absolute atomic E-state index is 0.539. The van der Waals surface area contributed by atoms with E-state index in [1.165, 1.54) is 28.2 Å². The Hall–Kier alpha value is -0.340. The van der Waals surface area contributed by atoms with Gasteiger partial charge in [0.2, 0.25) is 0 Å². The van der Waals surface area contributed by atoms with Crippen LogP contribution in [0.3, 0.4) is 0 Å². The molecule has 15 heavy (non-hydrogen) atoms. The first kappa shape index (κ1) is 12.7. The van der Waals surface area contributed by atoms with E-state index in [9.17, 15) is 0 Å². The van der Waals surface area contributed by atoms with E-state index < -0.39 is 0 Å². The van der Waals surface area contributed by atoms with Crippen LogP contribution in [0.2, 0.25) is 0 Å². The molecule has 1 N–H and O–H groups in total. The van der Waals surface area contributed by atoms with Gasteiger partial charge in [-0.15, -0.1) is 11.3 Å². The van der Waals surface area contributed by atoms with Crippen molar-refractivity contribution in [2.45, 2.75) is 46.6 Å². The van der Waals surface area contributed by atoms with E-state index in [1.807, 2.05) is 11.3 Å². The lowest BCUT2D eigenvalue weighted by Gasteiger charge is -2.23. The summed E-state index contributed by atoms with van der Waals surface area (Å²) in [6.07, 6.45) is 2.50. The van der Waals surface area contributed by atoms with Gasteiger partial charge in [0.1, 0.15) is 0 Å². The molecule has 1 unspecified atom stereocenters. The predicted molar refractivity (Wildman–Crippen MR) is 69.7 cm³/mol. The van der Waals surface area contributed by atoms with Gasteiger partial charge in [0.15, 0.2) is 0 Å². The first-order valence-corrected chi connectivity index (χ1v) is 6.69. The van der Waals surface area contributed by atoms with Crippen molar-refractivity contribution in [2.24, 2.45) is 5.92 Å². The van der Waals surface area contributed by atoms with E-state index in [2.05, 4.69) is 46.1 Å². The highest BCUT2D eigenvalue weighted by molar-refractivity contribution is 7.12. The van der Waals surface area contributed by atoms with Crippen LogP contribution in [0.4, 0.5) is 0 Å². The number of nitrogens with one attached hydrogen (secondary N) is 1. The lowest BCUT2D eigenvalue weighted by atomic mass is 9.93. The van der Waals surface area contributed by atoms with Gasteiger partial charge in [-0.05, 0) is 38.4 Å². The topological polar surface area (TPSA) is 12.0 Å². The van der Waals surface area contributed by atoms with Crippen LogP contribution >= 0.6 is 11.3 Å². The zero-order chi connectivity index (χ0) is 11.4. The van der Waals surface area contributed by atoms with Crippen LogP contribution in [0.25, 0.3) is 0 Å². The number of rotatable bonds is 5. The first-order chi connectivity index (χ1) is 7.13. The van der Waals surface area contributed by atoms with E-state index in [0.717, 1.165) is 5.92 Å². The van der Waals surface area contributed by atoms with Gasteiger partial charge in [0, 0.05) is 15.8 Å². The predicted octanol–water partition coefficient (Wildman–Crippen LogP) is 4.06. The molecule has 0 saturated heterocycles. The van der Waals surface area contributed by atoms with E-state index in [-0.39, 0.29) is 0 Å². The Morgan fingerprint density at radius 2 is 1.87 bits per heavy atom. The molecule has 0 bridgehead atoms. The van der Waals surface area contributed by atoms with Gasteiger partial charge >= 0.3 is 0 Å². The van der Waals surface area contributed by atoms with Crippen LogP contribution in [0.15, 0.2) is 6.07 Å². The van der Waals surface area contributed by atoms with Crippen molar-refractivity contribution < 1.29 is 0 Å². The highest BCUT2D eigenvalue weighted by atomic mass is 32.1. The first-order valence-electron chi connectivity index (χ1n) is 5.88. The van der Waals surface area contributed by atoms with Gasteiger partial charge < -0.3 is 5.32 Å². The third kappa shape index (κ3) is 2.82. The SMILES string of the molecule is CCC(CC)C(NC)c1cc(C)c(C)s1. The molecule has 0 amide bonds. The third-order valence-electron chi connectivity index (χ3n) is 3.32. The van der Waals surface area contributed by atoms with Crippen LogP contribution in [0, 0.1) is 19.8 Å². The van der Waals surface area contributed by atoms with E-state index in [4.69, 9.17) is 0 Å². The van der Waals surface area contributed by atoms with Gasteiger partial charge in [-0.1, -0.05) is 26.7 Å². The van der Waals surface area contributed by atoms with Crippen molar-refractivity contribution in [1.82, 2.24) is 5.32 Å². The summed E-state index contributed by atoms with van der Waals surface area (Å²) in [7, 11) is 2.08. The van der Waals surface area contributed by atoms with Crippen molar-refractivity contribution in [3.8, 4) is 0 Å². The molecule has 1 aromatic heterocycles. The average molecular weight is 225 g/mol. The van der Waals surface area contributed by atoms with Crippen molar-refractivity contribution in [1.29, 1.82) is 0 Å². The Morgan fingerprint density at radius 3 is 2.20 bits per heavy atom. The van der Waals surface area contributed by atoms with Crippen molar-refractivity contribution >= 4 is 11.3 Å². The zero-order valence-electron chi connectivity index (χ0n) is 10.6. The standard InChI is InChI=1S/C13H23NS/c1-6-11(7-2)13(14-5)12-8-9(3)10(4)15-12/h8,11,13-14H,6-7H2,1-5H3. The maximum Gasteiger partial charge on any atom is 0.0440 e. The molecule has 0 saturated carbocycles. The van der Waals surface area contributed by atoms with Crippen molar-refractivity contribution in [2.75, 3.05) is 7.05 Å². The smallest absolute Gasteiger partial charge is 0.0440 e. The molecule has 1 heterocycles. The molecule has 1 rings (SSSR count). The summed E-state index contributed by atoms with van der Waals surface area (Å²) in [4.78, 5) is 2.96. The van der Waals surface area contributed by atoms with Gasteiger partial charge in [-0.25, -0.2) is 0 Å². The summed E-state index contributed by atoms with van der Waals surface area (Å²) in [6.45, 7) is 8.98. The number of hydrogen-bond donors (Lipinski definition) is 1. The fourth-order valence-electron chi connectivity index (χ4n) is 2.13. The Bertz CT molecular complexity index is 280. The lowest BCUT2D eigenvalue weighted by Crippen LogP contribution is -2.23. The van der Waals surface area contributed by atoms with E-state index >= 15 is 0 Å². The average Bonchev–Trinajstić information content (AvgIpc) is 2.55. The molecule has 2 heteroatoms. The summed E-state index contributed by atoms with van der Waals surface area (Å²) in [5.41, 5.74) is 1.43. The molecule has 0 fully saturated rings. The van der Waals surface area contributed by atoms with Gasteiger partial charge in [0.05, 0.1) is 0 Å². The van der Waals surface area contributed by atoms with E-state index in [0.29, 0.717) is 6.04 Å².